The molecule has 5 heteroatoms. The van der Waals surface area contributed by atoms with Gasteiger partial charge in [0, 0.05) is 14.4 Å². The predicted molar refractivity (Wildman–Crippen MR) is 66.4 cm³/mol. The van der Waals surface area contributed by atoms with Gasteiger partial charge in [0.2, 0.25) is 0 Å². The highest BCUT2D eigenvalue weighted by Crippen LogP contribution is 2.22. The van der Waals surface area contributed by atoms with Crippen molar-refractivity contribution >= 4 is 34.2 Å². The summed E-state index contributed by atoms with van der Waals surface area (Å²) in [5.41, 5.74) is 9.41. The van der Waals surface area contributed by atoms with E-state index in [0.29, 0.717) is 12.3 Å². The molecular weight excluding hydrogens is 312 g/mol. The molecular formula is C9H9ClIN3. The highest BCUT2D eigenvalue weighted by atomic mass is 127. The molecule has 1 aromatic carbocycles. The summed E-state index contributed by atoms with van der Waals surface area (Å²) < 4.78 is 1.16. The van der Waals surface area contributed by atoms with Gasteiger partial charge in [-0.25, -0.2) is 0 Å². The fourth-order valence-electron chi connectivity index (χ4n) is 1.14. The first-order chi connectivity index (χ1) is 6.77. The maximum Gasteiger partial charge on any atom is 0.0636 e. The van der Waals surface area contributed by atoms with Gasteiger partial charge in [0.15, 0.2) is 0 Å². The smallest absolute Gasteiger partial charge is 0.0636 e. The van der Waals surface area contributed by atoms with Crippen molar-refractivity contribution in [2.24, 2.45) is 5.11 Å². The van der Waals surface area contributed by atoms with Crippen LogP contribution in [-0.2, 0) is 0 Å². The lowest BCUT2D eigenvalue weighted by Gasteiger charge is -2.08. The second-order valence-corrected chi connectivity index (χ2v) is 4.37. The van der Waals surface area contributed by atoms with Crippen molar-refractivity contribution in [2.45, 2.75) is 12.5 Å². The molecule has 0 aliphatic carbocycles. The van der Waals surface area contributed by atoms with E-state index in [-0.39, 0.29) is 6.04 Å². The van der Waals surface area contributed by atoms with Crippen molar-refractivity contribution in [3.8, 4) is 0 Å². The summed E-state index contributed by atoms with van der Waals surface area (Å²) in [6.07, 6.45) is 0.673. The molecule has 1 unspecified atom stereocenters. The molecule has 1 atom stereocenters. The van der Waals surface area contributed by atoms with Gasteiger partial charge >= 0.3 is 0 Å². The maximum atomic E-state index is 8.39. The monoisotopic (exact) mass is 321 g/mol. The Morgan fingerprint density at radius 2 is 2.07 bits per heavy atom. The van der Waals surface area contributed by atoms with Crippen molar-refractivity contribution in [3.63, 3.8) is 0 Å². The minimum absolute atomic E-state index is 0.144. The molecule has 1 aromatic rings. The molecule has 0 saturated heterocycles. The first kappa shape index (κ1) is 11.6. The number of halogens is 2. The van der Waals surface area contributed by atoms with Gasteiger partial charge in [-0.1, -0.05) is 17.2 Å². The molecule has 0 heterocycles. The normalized spacial score (nSPS) is 11.9. The molecule has 0 amide bonds. The number of nitrogens with zero attached hydrogens (tertiary/aromatic N) is 3. The van der Waals surface area contributed by atoms with Crippen LogP contribution >= 0.6 is 34.2 Å². The van der Waals surface area contributed by atoms with Crippen LogP contribution in [-0.4, -0.2) is 5.88 Å². The van der Waals surface area contributed by atoms with Crippen molar-refractivity contribution in [3.05, 3.63) is 43.8 Å². The molecule has 0 spiro atoms. The Labute approximate surface area is 101 Å². The molecule has 0 aromatic heterocycles. The molecule has 0 fully saturated rings. The van der Waals surface area contributed by atoms with Gasteiger partial charge < -0.3 is 0 Å². The summed E-state index contributed by atoms with van der Waals surface area (Å²) in [6.45, 7) is 0. The van der Waals surface area contributed by atoms with E-state index in [1.165, 1.54) is 0 Å². The number of rotatable bonds is 4. The number of alkyl halides is 1. The zero-order valence-electron chi connectivity index (χ0n) is 7.40. The van der Waals surface area contributed by atoms with Crippen LogP contribution in [0.1, 0.15) is 18.0 Å². The number of hydrogen-bond acceptors (Lipinski definition) is 1. The van der Waals surface area contributed by atoms with Gasteiger partial charge in [-0.3, -0.25) is 0 Å². The van der Waals surface area contributed by atoms with Crippen molar-refractivity contribution < 1.29 is 0 Å². The molecule has 0 aliphatic heterocycles. The Morgan fingerprint density at radius 3 is 2.57 bits per heavy atom. The van der Waals surface area contributed by atoms with Gasteiger partial charge in [0.25, 0.3) is 0 Å². The quantitative estimate of drug-likeness (QED) is 0.261. The molecule has 14 heavy (non-hydrogen) atoms. The lowest BCUT2D eigenvalue weighted by molar-refractivity contribution is 0.697. The zero-order valence-corrected chi connectivity index (χ0v) is 10.3. The van der Waals surface area contributed by atoms with Gasteiger partial charge in [-0.05, 0) is 52.2 Å². The topological polar surface area (TPSA) is 48.8 Å². The fraction of sp³-hybridized carbons (Fsp3) is 0.333. The van der Waals surface area contributed by atoms with E-state index in [1.807, 2.05) is 24.3 Å². The molecule has 0 aliphatic rings. The van der Waals surface area contributed by atoms with E-state index in [1.54, 1.807) is 0 Å². The van der Waals surface area contributed by atoms with Crippen LogP contribution in [0.4, 0.5) is 0 Å². The SMILES string of the molecule is [N-]=[N+]=NC(CCCl)c1ccc(I)cc1. The fourth-order valence-corrected chi connectivity index (χ4v) is 1.71. The average Bonchev–Trinajstić information content (AvgIpc) is 2.19. The van der Waals surface area contributed by atoms with Crippen molar-refractivity contribution in [2.75, 3.05) is 5.88 Å². The molecule has 0 bridgehead atoms. The van der Waals surface area contributed by atoms with E-state index in [4.69, 9.17) is 17.1 Å². The van der Waals surface area contributed by atoms with E-state index in [0.717, 1.165) is 9.13 Å². The zero-order chi connectivity index (χ0) is 10.4. The minimum Gasteiger partial charge on any atom is -0.127 e. The summed E-state index contributed by atoms with van der Waals surface area (Å²) in [6, 6.07) is 7.77. The summed E-state index contributed by atoms with van der Waals surface area (Å²) in [5, 5.41) is 3.71. The molecule has 0 saturated carbocycles. The Hall–Kier alpha value is -0.450. The van der Waals surface area contributed by atoms with Gasteiger partial charge in [-0.15, -0.1) is 11.6 Å². The first-order valence-corrected chi connectivity index (χ1v) is 5.75. The standard InChI is InChI=1S/C9H9ClIN3/c10-6-5-9(13-14-12)7-1-3-8(11)4-2-7/h1-4,9H,5-6H2. The van der Waals surface area contributed by atoms with Crippen LogP contribution in [0.5, 0.6) is 0 Å². The predicted octanol–water partition coefficient (Wildman–Crippen LogP) is 4.27. The van der Waals surface area contributed by atoms with Crippen LogP contribution < -0.4 is 0 Å². The van der Waals surface area contributed by atoms with Crippen LogP contribution in [0.3, 0.4) is 0 Å². The molecule has 0 radical (unpaired) electrons. The minimum atomic E-state index is -0.144. The number of benzene rings is 1. The summed E-state index contributed by atoms with van der Waals surface area (Å²) in [4.78, 5) is 2.82. The van der Waals surface area contributed by atoms with Crippen LogP contribution in [0, 0.1) is 3.57 Å². The van der Waals surface area contributed by atoms with Gasteiger partial charge in [0.1, 0.15) is 0 Å². The number of azide groups is 1. The van der Waals surface area contributed by atoms with Crippen LogP contribution in [0.25, 0.3) is 10.4 Å². The molecule has 3 nitrogen and oxygen atoms in total. The maximum absolute atomic E-state index is 8.39. The largest absolute Gasteiger partial charge is 0.127 e. The molecule has 0 N–H and O–H groups in total. The Morgan fingerprint density at radius 1 is 1.43 bits per heavy atom. The summed E-state index contributed by atoms with van der Waals surface area (Å²) >= 11 is 7.86. The highest BCUT2D eigenvalue weighted by molar-refractivity contribution is 14.1. The van der Waals surface area contributed by atoms with E-state index < -0.39 is 0 Å². The lowest BCUT2D eigenvalue weighted by Crippen LogP contribution is -1.95. The highest BCUT2D eigenvalue weighted by Gasteiger charge is 2.07. The van der Waals surface area contributed by atoms with Crippen LogP contribution in [0.2, 0.25) is 0 Å². The first-order valence-electron chi connectivity index (χ1n) is 4.13. The van der Waals surface area contributed by atoms with E-state index in [2.05, 4.69) is 32.6 Å². The number of hydrogen-bond donors (Lipinski definition) is 0. The summed E-state index contributed by atoms with van der Waals surface area (Å²) in [7, 11) is 0. The van der Waals surface area contributed by atoms with E-state index >= 15 is 0 Å². The van der Waals surface area contributed by atoms with Crippen molar-refractivity contribution in [1.29, 1.82) is 0 Å². The second kappa shape index (κ2) is 6.11. The Bertz CT molecular complexity index is 332. The average molecular weight is 322 g/mol. The molecule has 74 valence electrons. The third-order valence-electron chi connectivity index (χ3n) is 1.83. The third kappa shape index (κ3) is 3.36. The third-order valence-corrected chi connectivity index (χ3v) is 2.77. The Kier molecular flexibility index (Phi) is 5.07. The second-order valence-electron chi connectivity index (χ2n) is 2.75. The van der Waals surface area contributed by atoms with Gasteiger partial charge in [0.05, 0.1) is 6.04 Å². The van der Waals surface area contributed by atoms with E-state index in [9.17, 15) is 0 Å². The lowest BCUT2D eigenvalue weighted by atomic mass is 10.1. The van der Waals surface area contributed by atoms with Gasteiger partial charge in [-0.2, -0.15) is 0 Å². The van der Waals surface area contributed by atoms with Crippen LogP contribution in [0.15, 0.2) is 29.4 Å². The van der Waals surface area contributed by atoms with Crippen molar-refractivity contribution in [1.82, 2.24) is 0 Å². The molecule has 1 rings (SSSR count). The summed E-state index contributed by atoms with van der Waals surface area (Å²) in [5.74, 6) is 0.496. The Balaban J connectivity index is 2.87.